The van der Waals surface area contributed by atoms with Crippen LogP contribution in [0, 0.1) is 0 Å². The summed E-state index contributed by atoms with van der Waals surface area (Å²) in [4.78, 5) is 7.01. The first-order chi connectivity index (χ1) is 10.3. The van der Waals surface area contributed by atoms with Gasteiger partial charge in [-0.1, -0.05) is 39.0 Å². The third-order valence-corrected chi connectivity index (χ3v) is 4.20. The molecule has 0 aromatic carbocycles. The fraction of sp³-hybridized carbons (Fsp3) is 0.941. The number of nitrogens with two attached hydrogens (primary N) is 1. The summed E-state index contributed by atoms with van der Waals surface area (Å²) < 4.78 is 0. The number of piperidine rings is 1. The molecule has 0 spiro atoms. The Morgan fingerprint density at radius 1 is 1.00 bits per heavy atom. The Labute approximate surface area is 131 Å². The molecule has 1 heterocycles. The Morgan fingerprint density at radius 2 is 1.76 bits per heavy atom. The zero-order valence-corrected chi connectivity index (χ0v) is 14.1. The molecule has 4 heteroatoms. The molecule has 3 N–H and O–H groups in total. The number of hydrogen-bond acceptors (Lipinski definition) is 2. The van der Waals surface area contributed by atoms with Crippen LogP contribution in [0.2, 0.25) is 0 Å². The molecule has 1 aliphatic rings. The minimum atomic E-state index is 0.627. The SMILES string of the molecule is CCCCCCNC(N)=NCCCCCN1CCCCC1. The van der Waals surface area contributed by atoms with E-state index < -0.39 is 0 Å². The summed E-state index contributed by atoms with van der Waals surface area (Å²) in [7, 11) is 0. The lowest BCUT2D eigenvalue weighted by molar-refractivity contribution is 0.224. The average Bonchev–Trinajstić information content (AvgIpc) is 2.51. The van der Waals surface area contributed by atoms with Crippen molar-refractivity contribution >= 4 is 5.96 Å². The standard InChI is InChI=1S/C17H36N4/c1-2-3-4-7-12-19-17(18)20-13-8-5-9-14-21-15-10-6-11-16-21/h2-16H2,1H3,(H3,18,19,20). The number of aliphatic imine (C=N–C) groups is 1. The van der Waals surface area contributed by atoms with Gasteiger partial charge in [0.2, 0.25) is 0 Å². The van der Waals surface area contributed by atoms with Crippen LogP contribution in [0.25, 0.3) is 0 Å². The maximum absolute atomic E-state index is 5.85. The highest BCUT2D eigenvalue weighted by atomic mass is 15.1. The first kappa shape index (κ1) is 18.3. The summed E-state index contributed by atoms with van der Waals surface area (Å²) in [6.45, 7) is 7.96. The predicted octanol–water partition coefficient (Wildman–Crippen LogP) is 3.13. The largest absolute Gasteiger partial charge is 0.370 e. The number of hydrogen-bond donors (Lipinski definition) is 2. The Bertz CT molecular complexity index is 260. The van der Waals surface area contributed by atoms with Crippen molar-refractivity contribution in [1.82, 2.24) is 10.2 Å². The second kappa shape index (κ2) is 12.9. The number of guanidine groups is 1. The van der Waals surface area contributed by atoms with Crippen molar-refractivity contribution in [3.63, 3.8) is 0 Å². The Kier molecular flexibility index (Phi) is 11.3. The molecule has 1 rings (SSSR count). The van der Waals surface area contributed by atoms with E-state index in [1.165, 1.54) is 77.4 Å². The van der Waals surface area contributed by atoms with Gasteiger partial charge in [0.15, 0.2) is 5.96 Å². The third-order valence-electron chi connectivity index (χ3n) is 4.20. The minimum Gasteiger partial charge on any atom is -0.370 e. The predicted molar refractivity (Wildman–Crippen MR) is 92.8 cm³/mol. The van der Waals surface area contributed by atoms with E-state index in [9.17, 15) is 0 Å². The maximum atomic E-state index is 5.85. The third kappa shape index (κ3) is 10.6. The van der Waals surface area contributed by atoms with Gasteiger partial charge >= 0.3 is 0 Å². The van der Waals surface area contributed by atoms with Crippen LogP contribution in [0.15, 0.2) is 4.99 Å². The second-order valence-electron chi connectivity index (χ2n) is 6.22. The van der Waals surface area contributed by atoms with Crippen LogP contribution < -0.4 is 11.1 Å². The highest BCUT2D eigenvalue weighted by Crippen LogP contribution is 2.09. The molecule has 1 fully saturated rings. The van der Waals surface area contributed by atoms with Crippen LogP contribution >= 0.6 is 0 Å². The normalized spacial score (nSPS) is 17.1. The van der Waals surface area contributed by atoms with E-state index in [1.54, 1.807) is 0 Å². The highest BCUT2D eigenvalue weighted by molar-refractivity contribution is 5.77. The molecule has 0 aliphatic carbocycles. The van der Waals surface area contributed by atoms with E-state index in [2.05, 4.69) is 22.1 Å². The molecule has 0 radical (unpaired) electrons. The van der Waals surface area contributed by atoms with E-state index in [-0.39, 0.29) is 0 Å². The number of nitrogens with one attached hydrogen (secondary N) is 1. The fourth-order valence-electron chi connectivity index (χ4n) is 2.83. The molecule has 1 aliphatic heterocycles. The quantitative estimate of drug-likeness (QED) is 0.350. The lowest BCUT2D eigenvalue weighted by atomic mass is 10.1. The van der Waals surface area contributed by atoms with Crippen LogP contribution in [-0.4, -0.2) is 43.6 Å². The Hall–Kier alpha value is -0.770. The van der Waals surface area contributed by atoms with Crippen molar-refractivity contribution in [3.05, 3.63) is 0 Å². The van der Waals surface area contributed by atoms with E-state index in [4.69, 9.17) is 5.73 Å². The van der Waals surface area contributed by atoms with Crippen molar-refractivity contribution in [2.45, 2.75) is 71.1 Å². The molecule has 0 aromatic rings. The van der Waals surface area contributed by atoms with Gasteiger partial charge < -0.3 is 16.0 Å². The van der Waals surface area contributed by atoms with Gasteiger partial charge in [0.1, 0.15) is 0 Å². The number of nitrogens with zero attached hydrogens (tertiary/aromatic N) is 2. The van der Waals surface area contributed by atoms with Gasteiger partial charge in [-0.2, -0.15) is 0 Å². The molecule has 4 nitrogen and oxygen atoms in total. The summed E-state index contributed by atoms with van der Waals surface area (Å²) in [5.41, 5.74) is 5.85. The summed E-state index contributed by atoms with van der Waals surface area (Å²) in [6, 6.07) is 0. The summed E-state index contributed by atoms with van der Waals surface area (Å²) in [6.07, 6.45) is 13.0. The molecule has 0 aromatic heterocycles. The monoisotopic (exact) mass is 296 g/mol. The molecule has 0 amide bonds. The van der Waals surface area contributed by atoms with Crippen molar-refractivity contribution in [2.75, 3.05) is 32.7 Å². The van der Waals surface area contributed by atoms with Gasteiger partial charge in [0.25, 0.3) is 0 Å². The lowest BCUT2D eigenvalue weighted by Gasteiger charge is -2.26. The van der Waals surface area contributed by atoms with E-state index in [0.717, 1.165) is 19.5 Å². The average molecular weight is 297 g/mol. The smallest absolute Gasteiger partial charge is 0.188 e. The van der Waals surface area contributed by atoms with Crippen LogP contribution in [0.1, 0.15) is 71.1 Å². The van der Waals surface area contributed by atoms with Crippen LogP contribution in [0.3, 0.4) is 0 Å². The molecule has 0 unspecified atom stereocenters. The molecular weight excluding hydrogens is 260 g/mol. The van der Waals surface area contributed by atoms with E-state index in [0.29, 0.717) is 5.96 Å². The zero-order valence-electron chi connectivity index (χ0n) is 14.1. The number of rotatable bonds is 11. The van der Waals surface area contributed by atoms with E-state index in [1.807, 2.05) is 0 Å². The minimum absolute atomic E-state index is 0.627. The molecule has 0 saturated carbocycles. The first-order valence-corrected chi connectivity index (χ1v) is 9.09. The van der Waals surface area contributed by atoms with Crippen molar-refractivity contribution in [2.24, 2.45) is 10.7 Å². The zero-order chi connectivity index (χ0) is 15.2. The highest BCUT2D eigenvalue weighted by Gasteiger charge is 2.08. The Balaban J connectivity index is 1.88. The van der Waals surface area contributed by atoms with Crippen LogP contribution in [0.5, 0.6) is 0 Å². The molecule has 0 bridgehead atoms. The van der Waals surface area contributed by atoms with Crippen LogP contribution in [-0.2, 0) is 0 Å². The van der Waals surface area contributed by atoms with E-state index >= 15 is 0 Å². The van der Waals surface area contributed by atoms with Gasteiger partial charge in [0.05, 0.1) is 0 Å². The summed E-state index contributed by atoms with van der Waals surface area (Å²) in [5, 5.41) is 3.20. The van der Waals surface area contributed by atoms with Crippen molar-refractivity contribution < 1.29 is 0 Å². The van der Waals surface area contributed by atoms with Gasteiger partial charge in [-0.25, -0.2) is 0 Å². The first-order valence-electron chi connectivity index (χ1n) is 9.09. The molecular formula is C17H36N4. The molecule has 0 atom stereocenters. The Morgan fingerprint density at radius 3 is 2.52 bits per heavy atom. The summed E-state index contributed by atoms with van der Waals surface area (Å²) >= 11 is 0. The fourth-order valence-corrected chi connectivity index (χ4v) is 2.83. The number of unbranched alkanes of at least 4 members (excludes halogenated alkanes) is 5. The van der Waals surface area contributed by atoms with Crippen molar-refractivity contribution in [1.29, 1.82) is 0 Å². The topological polar surface area (TPSA) is 53.6 Å². The second-order valence-corrected chi connectivity index (χ2v) is 6.22. The van der Waals surface area contributed by atoms with Gasteiger partial charge in [-0.05, 0) is 51.7 Å². The maximum Gasteiger partial charge on any atom is 0.188 e. The van der Waals surface area contributed by atoms with Crippen LogP contribution in [0.4, 0.5) is 0 Å². The summed E-state index contributed by atoms with van der Waals surface area (Å²) in [5.74, 6) is 0.627. The number of likely N-dealkylation sites (tertiary alicyclic amines) is 1. The van der Waals surface area contributed by atoms with Gasteiger partial charge in [-0.15, -0.1) is 0 Å². The molecule has 1 saturated heterocycles. The molecule has 124 valence electrons. The van der Waals surface area contributed by atoms with Gasteiger partial charge in [-0.3, -0.25) is 4.99 Å². The molecule has 21 heavy (non-hydrogen) atoms. The lowest BCUT2D eigenvalue weighted by Crippen LogP contribution is -2.32. The van der Waals surface area contributed by atoms with Crippen molar-refractivity contribution in [3.8, 4) is 0 Å². The van der Waals surface area contributed by atoms with Gasteiger partial charge in [0, 0.05) is 13.1 Å².